The van der Waals surface area contributed by atoms with Crippen LogP contribution in [0.25, 0.3) is 6.08 Å². The van der Waals surface area contributed by atoms with Crippen LogP contribution in [0.1, 0.15) is 68.7 Å². The van der Waals surface area contributed by atoms with E-state index in [1.807, 2.05) is 44.2 Å². The van der Waals surface area contributed by atoms with Gasteiger partial charge in [-0.15, -0.1) is 0 Å². The van der Waals surface area contributed by atoms with Crippen molar-refractivity contribution in [1.82, 2.24) is 5.32 Å². The van der Waals surface area contributed by atoms with Gasteiger partial charge in [0, 0.05) is 22.8 Å². The van der Waals surface area contributed by atoms with Gasteiger partial charge in [0.05, 0.1) is 5.69 Å². The Hall–Kier alpha value is -2.70. The maximum Gasteiger partial charge on any atom is 0.270 e. The number of nitrogens with one attached hydrogen (secondary N) is 1. The van der Waals surface area contributed by atoms with Gasteiger partial charge in [-0.1, -0.05) is 37.6 Å². The van der Waals surface area contributed by atoms with Crippen LogP contribution in [0.5, 0.6) is 0 Å². The second-order valence-corrected chi connectivity index (χ2v) is 11.0. The summed E-state index contributed by atoms with van der Waals surface area (Å²) in [5.41, 5.74) is 5.61. The number of nitrogens with zero attached hydrogens (tertiary/aromatic N) is 2. The molecule has 2 aromatic carbocycles. The highest BCUT2D eigenvalue weighted by Crippen LogP contribution is 2.45. The zero-order valence-corrected chi connectivity index (χ0v) is 22.7. The van der Waals surface area contributed by atoms with E-state index in [-0.39, 0.29) is 16.2 Å². The Morgan fingerprint density at radius 1 is 1.20 bits per heavy atom. The van der Waals surface area contributed by atoms with E-state index < -0.39 is 11.8 Å². The topological polar surface area (TPSA) is 52.7 Å². The largest absolute Gasteiger partial charge is 0.366 e. The summed E-state index contributed by atoms with van der Waals surface area (Å²) in [5.74, 6) is -0.655. The molecule has 2 aromatic rings. The molecular formula is C28H32ClN3O2S. The van der Waals surface area contributed by atoms with Crippen LogP contribution in [0, 0.1) is 13.8 Å². The molecule has 7 heteroatoms. The van der Waals surface area contributed by atoms with Crippen molar-refractivity contribution in [2.75, 3.05) is 16.3 Å². The molecule has 0 bridgehead atoms. The number of carbonyl (C=O) groups is 2. The van der Waals surface area contributed by atoms with Crippen LogP contribution >= 0.6 is 23.8 Å². The van der Waals surface area contributed by atoms with Gasteiger partial charge in [0.15, 0.2) is 5.11 Å². The van der Waals surface area contributed by atoms with Crippen molar-refractivity contribution in [3.63, 3.8) is 0 Å². The van der Waals surface area contributed by atoms with Crippen LogP contribution in [0.3, 0.4) is 0 Å². The van der Waals surface area contributed by atoms with Crippen LogP contribution < -0.4 is 15.1 Å². The van der Waals surface area contributed by atoms with Crippen molar-refractivity contribution in [1.29, 1.82) is 0 Å². The number of rotatable bonds is 4. The minimum Gasteiger partial charge on any atom is -0.366 e. The Morgan fingerprint density at radius 2 is 1.91 bits per heavy atom. The molecule has 2 aliphatic heterocycles. The number of aryl methyl sites for hydroxylation is 1. The fourth-order valence-electron chi connectivity index (χ4n) is 5.29. The van der Waals surface area contributed by atoms with Gasteiger partial charge in [-0.2, -0.15) is 0 Å². The predicted molar refractivity (Wildman–Crippen MR) is 148 cm³/mol. The standard InChI is InChI=1S/C28H32ClN3O2S/c1-7-11-31-24-14-22(29)19(12-20(24)17(3)15-28(31,5)6)13-21-25(33)30-27(35)32(26(21)34)23-10-8-9-16(2)18(23)4/h8-10,12-14,17H,7,11,15H2,1-6H3,(H,30,33,35)/b21-13-. The highest BCUT2D eigenvalue weighted by atomic mass is 35.5. The molecular weight excluding hydrogens is 478 g/mol. The summed E-state index contributed by atoms with van der Waals surface area (Å²) in [5, 5.41) is 3.26. The van der Waals surface area contributed by atoms with Crippen molar-refractivity contribution in [2.45, 2.75) is 65.8 Å². The molecule has 184 valence electrons. The van der Waals surface area contributed by atoms with Gasteiger partial charge in [0.2, 0.25) is 0 Å². The maximum atomic E-state index is 13.6. The molecule has 0 aromatic heterocycles. The minimum atomic E-state index is -0.517. The highest BCUT2D eigenvalue weighted by Gasteiger charge is 2.38. The van der Waals surface area contributed by atoms with Gasteiger partial charge in [-0.05, 0) is 105 Å². The van der Waals surface area contributed by atoms with Gasteiger partial charge in [-0.3, -0.25) is 19.8 Å². The molecule has 0 spiro atoms. The van der Waals surface area contributed by atoms with E-state index in [4.69, 9.17) is 23.8 Å². The minimum absolute atomic E-state index is 0.00978. The molecule has 4 rings (SSSR count). The quantitative estimate of drug-likeness (QED) is 0.299. The second kappa shape index (κ2) is 9.40. The number of hydrogen-bond acceptors (Lipinski definition) is 4. The molecule has 1 saturated heterocycles. The van der Waals surface area contributed by atoms with Crippen LogP contribution in [-0.4, -0.2) is 29.0 Å². The van der Waals surface area contributed by atoms with Crippen molar-refractivity contribution in [2.24, 2.45) is 0 Å². The number of amides is 2. The molecule has 2 heterocycles. The number of benzene rings is 2. The van der Waals surface area contributed by atoms with Gasteiger partial charge >= 0.3 is 0 Å². The first-order chi connectivity index (χ1) is 16.5. The summed E-state index contributed by atoms with van der Waals surface area (Å²) < 4.78 is 0. The number of anilines is 2. The summed E-state index contributed by atoms with van der Waals surface area (Å²) in [6, 6.07) is 9.69. The summed E-state index contributed by atoms with van der Waals surface area (Å²) in [6.07, 6.45) is 3.63. The van der Waals surface area contributed by atoms with Crippen molar-refractivity contribution < 1.29 is 9.59 Å². The lowest BCUT2D eigenvalue weighted by molar-refractivity contribution is -0.122. The SMILES string of the molecule is CCCN1c2cc(Cl)c(/C=C3/C(=O)NC(=S)N(c4cccc(C)c4C)C3=O)cc2C(C)CC1(C)C. The van der Waals surface area contributed by atoms with E-state index in [1.165, 1.54) is 10.5 Å². The third-order valence-electron chi connectivity index (χ3n) is 7.17. The molecule has 0 radical (unpaired) electrons. The Morgan fingerprint density at radius 3 is 2.60 bits per heavy atom. The van der Waals surface area contributed by atoms with Crippen LogP contribution in [0.15, 0.2) is 35.9 Å². The van der Waals surface area contributed by atoms with E-state index in [1.54, 1.807) is 6.08 Å². The van der Waals surface area contributed by atoms with Gasteiger partial charge in [0.25, 0.3) is 11.8 Å². The molecule has 1 N–H and O–H groups in total. The zero-order chi connectivity index (χ0) is 25.7. The van der Waals surface area contributed by atoms with E-state index in [2.05, 4.69) is 37.9 Å². The first-order valence-corrected chi connectivity index (χ1v) is 12.8. The van der Waals surface area contributed by atoms with Crippen molar-refractivity contribution in [3.05, 3.63) is 63.2 Å². The zero-order valence-electron chi connectivity index (χ0n) is 21.2. The summed E-state index contributed by atoms with van der Waals surface area (Å²) in [7, 11) is 0. The Balaban J connectivity index is 1.79. The van der Waals surface area contributed by atoms with E-state index >= 15 is 0 Å². The van der Waals surface area contributed by atoms with Gasteiger partial charge in [-0.25, -0.2) is 0 Å². The predicted octanol–water partition coefficient (Wildman–Crippen LogP) is 6.29. The molecule has 35 heavy (non-hydrogen) atoms. The first-order valence-electron chi connectivity index (χ1n) is 12.0. The third kappa shape index (κ3) is 4.50. The number of fused-ring (bicyclic) bond motifs is 1. The van der Waals surface area contributed by atoms with Gasteiger partial charge in [0.1, 0.15) is 5.57 Å². The number of halogens is 1. The normalized spacial score (nSPS) is 20.8. The highest BCUT2D eigenvalue weighted by molar-refractivity contribution is 7.80. The molecule has 0 saturated carbocycles. The fraction of sp³-hybridized carbons (Fsp3) is 0.393. The number of hydrogen-bond donors (Lipinski definition) is 1. The first kappa shape index (κ1) is 25.4. The van der Waals surface area contributed by atoms with E-state index in [0.29, 0.717) is 22.2 Å². The summed E-state index contributed by atoms with van der Waals surface area (Å²) >= 11 is 12.1. The Kier molecular flexibility index (Phi) is 6.82. The molecule has 1 unspecified atom stereocenters. The maximum absolute atomic E-state index is 13.6. The van der Waals surface area contributed by atoms with E-state index in [0.717, 1.165) is 36.2 Å². The fourth-order valence-corrected chi connectivity index (χ4v) is 5.77. The number of carbonyl (C=O) groups excluding carboxylic acids is 2. The molecule has 2 amide bonds. The molecule has 1 atom stereocenters. The van der Waals surface area contributed by atoms with Crippen LogP contribution in [0.2, 0.25) is 5.02 Å². The van der Waals surface area contributed by atoms with Crippen LogP contribution in [0.4, 0.5) is 11.4 Å². The average molecular weight is 510 g/mol. The Labute approximate surface area is 218 Å². The lowest BCUT2D eigenvalue weighted by atomic mass is 9.79. The summed E-state index contributed by atoms with van der Waals surface area (Å²) in [4.78, 5) is 30.2. The van der Waals surface area contributed by atoms with Crippen molar-refractivity contribution in [3.8, 4) is 0 Å². The average Bonchev–Trinajstić information content (AvgIpc) is 2.77. The number of thiocarbonyl (C=S) groups is 1. The molecule has 1 fully saturated rings. The molecule has 0 aliphatic carbocycles. The van der Waals surface area contributed by atoms with Crippen molar-refractivity contribution >= 4 is 58.2 Å². The second-order valence-electron chi connectivity index (χ2n) is 10.2. The molecule has 2 aliphatic rings. The van der Waals surface area contributed by atoms with E-state index in [9.17, 15) is 9.59 Å². The van der Waals surface area contributed by atoms with Crippen LogP contribution in [-0.2, 0) is 9.59 Å². The summed E-state index contributed by atoms with van der Waals surface area (Å²) in [6.45, 7) is 13.8. The lowest BCUT2D eigenvalue weighted by Gasteiger charge is -2.47. The smallest absolute Gasteiger partial charge is 0.270 e. The van der Waals surface area contributed by atoms with Gasteiger partial charge < -0.3 is 4.90 Å². The monoisotopic (exact) mass is 509 g/mol. The Bertz CT molecular complexity index is 1270. The molecule has 5 nitrogen and oxygen atoms in total. The lowest BCUT2D eigenvalue weighted by Crippen LogP contribution is -2.54. The third-order valence-corrected chi connectivity index (χ3v) is 7.78.